The van der Waals surface area contributed by atoms with Crippen molar-refractivity contribution in [1.29, 1.82) is 0 Å². The van der Waals surface area contributed by atoms with Crippen LogP contribution in [0.1, 0.15) is 30.9 Å². The van der Waals surface area contributed by atoms with Gasteiger partial charge < -0.3 is 15.0 Å². The molecule has 2 aliphatic rings. The van der Waals surface area contributed by atoms with Crippen LogP contribution < -0.4 is 15.0 Å². The molecule has 0 amide bonds. The Labute approximate surface area is 144 Å². The summed E-state index contributed by atoms with van der Waals surface area (Å²) in [6.45, 7) is 5.13. The molecule has 0 aliphatic carbocycles. The molecule has 0 spiro atoms. The fourth-order valence-corrected chi connectivity index (χ4v) is 4.00. The van der Waals surface area contributed by atoms with Gasteiger partial charge in [0.25, 0.3) is 0 Å². The van der Waals surface area contributed by atoms with Gasteiger partial charge in [0.05, 0.1) is 5.69 Å². The van der Waals surface area contributed by atoms with Crippen LogP contribution in [0.2, 0.25) is 0 Å². The minimum Gasteiger partial charge on any atom is -0.490 e. The van der Waals surface area contributed by atoms with Crippen molar-refractivity contribution in [3.63, 3.8) is 0 Å². The molecule has 0 fully saturated rings. The number of nitrogens with zero attached hydrogens (tertiary/aromatic N) is 1. The van der Waals surface area contributed by atoms with Crippen molar-refractivity contribution in [2.45, 2.75) is 38.6 Å². The monoisotopic (exact) mass is 322 g/mol. The highest BCUT2D eigenvalue weighted by Gasteiger charge is 2.23. The lowest BCUT2D eigenvalue weighted by Crippen LogP contribution is -2.40. The largest absolute Gasteiger partial charge is 0.490 e. The van der Waals surface area contributed by atoms with Crippen molar-refractivity contribution in [1.82, 2.24) is 0 Å². The number of hydrogen-bond donors (Lipinski definition) is 1. The van der Waals surface area contributed by atoms with Gasteiger partial charge in [-0.05, 0) is 55.0 Å². The first-order valence-corrected chi connectivity index (χ1v) is 9.19. The Morgan fingerprint density at radius 3 is 3.04 bits per heavy atom. The van der Waals surface area contributed by atoms with E-state index < -0.39 is 0 Å². The van der Waals surface area contributed by atoms with E-state index in [0.717, 1.165) is 37.4 Å². The third-order valence-electron chi connectivity index (χ3n) is 5.25. The third-order valence-corrected chi connectivity index (χ3v) is 5.25. The molecule has 2 heterocycles. The van der Waals surface area contributed by atoms with E-state index in [-0.39, 0.29) is 0 Å². The van der Waals surface area contributed by atoms with Gasteiger partial charge >= 0.3 is 0 Å². The van der Waals surface area contributed by atoms with Gasteiger partial charge in [-0.25, -0.2) is 0 Å². The summed E-state index contributed by atoms with van der Waals surface area (Å²) in [5, 5.41) is 3.45. The Balaban J connectivity index is 1.57. The Kier molecular flexibility index (Phi) is 4.33. The summed E-state index contributed by atoms with van der Waals surface area (Å²) < 4.78 is 5.70. The van der Waals surface area contributed by atoms with E-state index in [1.54, 1.807) is 0 Å². The highest BCUT2D eigenvalue weighted by Crippen LogP contribution is 2.32. The van der Waals surface area contributed by atoms with Crippen LogP contribution in [0.3, 0.4) is 0 Å². The lowest BCUT2D eigenvalue weighted by molar-refractivity contribution is 0.323. The first kappa shape index (κ1) is 15.4. The zero-order chi connectivity index (χ0) is 16.4. The molecule has 0 radical (unpaired) electrons. The molecule has 0 aromatic heterocycles. The Bertz CT molecular complexity index is 713. The molecule has 2 aromatic rings. The van der Waals surface area contributed by atoms with Crippen LogP contribution >= 0.6 is 0 Å². The molecular weight excluding hydrogens is 296 g/mol. The molecule has 1 unspecified atom stereocenters. The van der Waals surface area contributed by atoms with Gasteiger partial charge in [0.2, 0.25) is 0 Å². The molecule has 0 saturated heterocycles. The first-order valence-electron chi connectivity index (χ1n) is 9.19. The molecule has 126 valence electrons. The summed E-state index contributed by atoms with van der Waals surface area (Å²) in [4.78, 5) is 2.63. The van der Waals surface area contributed by atoms with Crippen LogP contribution in [0.4, 0.5) is 11.4 Å². The van der Waals surface area contributed by atoms with E-state index in [9.17, 15) is 0 Å². The van der Waals surface area contributed by atoms with Gasteiger partial charge in [-0.15, -0.1) is 0 Å². The third kappa shape index (κ3) is 2.95. The van der Waals surface area contributed by atoms with Gasteiger partial charge in [0, 0.05) is 24.8 Å². The van der Waals surface area contributed by atoms with Crippen molar-refractivity contribution in [3.05, 3.63) is 53.6 Å². The fourth-order valence-electron chi connectivity index (χ4n) is 4.00. The van der Waals surface area contributed by atoms with Crippen molar-refractivity contribution in [2.24, 2.45) is 0 Å². The van der Waals surface area contributed by atoms with E-state index in [2.05, 4.69) is 59.6 Å². The summed E-state index contributed by atoms with van der Waals surface area (Å²) in [6, 6.07) is 16.1. The van der Waals surface area contributed by atoms with Crippen LogP contribution in [0.15, 0.2) is 42.5 Å². The topological polar surface area (TPSA) is 24.5 Å². The van der Waals surface area contributed by atoms with Crippen molar-refractivity contribution in [2.75, 3.05) is 29.9 Å². The average Bonchev–Trinajstić information content (AvgIpc) is 2.65. The Morgan fingerprint density at radius 2 is 2.12 bits per heavy atom. The number of rotatable bonds is 4. The minimum absolute atomic E-state index is 0.550. The molecular formula is C21H26N2O. The lowest BCUT2D eigenvalue weighted by Gasteiger charge is -2.38. The Hall–Kier alpha value is -2.16. The van der Waals surface area contributed by atoms with Crippen LogP contribution in [0.5, 0.6) is 5.75 Å². The molecule has 1 N–H and O–H groups in total. The standard InChI is InChI=1S/C21H26N2O/c1-2-18(23-12-5-7-17-6-3-4-8-20(17)23)14-16-9-10-21-19(15-16)22-11-13-24-21/h3-4,6,8-10,15,18,22H,2,5,7,11-14H2,1H3. The summed E-state index contributed by atoms with van der Waals surface area (Å²) in [5.74, 6) is 0.987. The second-order valence-corrected chi connectivity index (χ2v) is 6.80. The number of hydrogen-bond acceptors (Lipinski definition) is 3. The molecule has 2 aliphatic heterocycles. The summed E-state index contributed by atoms with van der Waals surface area (Å²) in [5.41, 5.74) is 5.48. The Morgan fingerprint density at radius 1 is 1.21 bits per heavy atom. The predicted molar refractivity (Wildman–Crippen MR) is 100 cm³/mol. The number of para-hydroxylation sites is 1. The van der Waals surface area contributed by atoms with Crippen LogP contribution in [-0.4, -0.2) is 25.7 Å². The minimum atomic E-state index is 0.550. The quantitative estimate of drug-likeness (QED) is 0.910. The summed E-state index contributed by atoms with van der Waals surface area (Å²) in [7, 11) is 0. The van der Waals surface area contributed by atoms with Crippen molar-refractivity contribution >= 4 is 11.4 Å². The summed E-state index contributed by atoms with van der Waals surface area (Å²) >= 11 is 0. The molecule has 0 saturated carbocycles. The number of ether oxygens (including phenoxy) is 1. The van der Waals surface area contributed by atoms with Gasteiger partial charge in [-0.3, -0.25) is 0 Å². The molecule has 1 atom stereocenters. The van der Waals surface area contributed by atoms with E-state index in [1.165, 1.54) is 36.2 Å². The first-order chi connectivity index (χ1) is 11.8. The van der Waals surface area contributed by atoms with Crippen LogP contribution in [-0.2, 0) is 12.8 Å². The SMILES string of the molecule is CCC(Cc1ccc2c(c1)NCCO2)N1CCCc2ccccc21. The number of anilines is 2. The average molecular weight is 322 g/mol. The smallest absolute Gasteiger partial charge is 0.142 e. The normalized spacial score (nSPS) is 17.3. The highest BCUT2D eigenvalue weighted by molar-refractivity contribution is 5.60. The zero-order valence-electron chi connectivity index (χ0n) is 14.4. The zero-order valence-corrected chi connectivity index (χ0v) is 14.4. The van der Waals surface area contributed by atoms with Crippen LogP contribution in [0, 0.1) is 0 Å². The fraction of sp³-hybridized carbons (Fsp3) is 0.429. The van der Waals surface area contributed by atoms with E-state index in [1.807, 2.05) is 0 Å². The maximum atomic E-state index is 5.70. The molecule has 2 aromatic carbocycles. The van der Waals surface area contributed by atoms with Gasteiger partial charge in [-0.1, -0.05) is 31.2 Å². The molecule has 3 heteroatoms. The molecule has 4 rings (SSSR count). The van der Waals surface area contributed by atoms with Crippen molar-refractivity contribution < 1.29 is 4.74 Å². The molecule has 0 bridgehead atoms. The highest BCUT2D eigenvalue weighted by atomic mass is 16.5. The second-order valence-electron chi connectivity index (χ2n) is 6.80. The number of nitrogens with one attached hydrogen (secondary N) is 1. The number of fused-ring (bicyclic) bond motifs is 2. The van der Waals surface area contributed by atoms with Crippen LogP contribution in [0.25, 0.3) is 0 Å². The maximum Gasteiger partial charge on any atom is 0.142 e. The van der Waals surface area contributed by atoms with E-state index >= 15 is 0 Å². The maximum absolute atomic E-state index is 5.70. The van der Waals surface area contributed by atoms with Crippen molar-refractivity contribution in [3.8, 4) is 5.75 Å². The van der Waals surface area contributed by atoms with E-state index in [0.29, 0.717) is 6.04 Å². The van der Waals surface area contributed by atoms with Gasteiger partial charge in [0.15, 0.2) is 0 Å². The van der Waals surface area contributed by atoms with Gasteiger partial charge in [-0.2, -0.15) is 0 Å². The van der Waals surface area contributed by atoms with E-state index in [4.69, 9.17) is 4.74 Å². The number of aryl methyl sites for hydroxylation is 1. The predicted octanol–water partition coefficient (Wildman–Crippen LogP) is 4.26. The second kappa shape index (κ2) is 6.76. The summed E-state index contributed by atoms with van der Waals surface area (Å²) in [6.07, 6.45) is 4.71. The lowest BCUT2D eigenvalue weighted by atomic mass is 9.95. The number of benzene rings is 2. The molecule has 24 heavy (non-hydrogen) atoms. The molecule has 3 nitrogen and oxygen atoms in total. The van der Waals surface area contributed by atoms with Gasteiger partial charge in [0.1, 0.15) is 12.4 Å².